The first-order valence-corrected chi connectivity index (χ1v) is 8.78. The first-order chi connectivity index (χ1) is 10.9. The third kappa shape index (κ3) is 3.71. The normalized spacial score (nSPS) is 24.1. The van der Waals surface area contributed by atoms with E-state index in [0.29, 0.717) is 6.04 Å². The van der Waals surface area contributed by atoms with E-state index in [0.717, 1.165) is 31.8 Å². The molecule has 2 aliphatic heterocycles. The van der Waals surface area contributed by atoms with Crippen LogP contribution in [0.4, 0.5) is 4.79 Å². The van der Waals surface area contributed by atoms with Crippen molar-refractivity contribution in [2.45, 2.75) is 52.1 Å². The standard InChI is InChI=1S/C18H29N3O2/c1-18(2,3)16(15-8-5-12-23-15)19-17(22)21-11-6-10-20-9-4-7-14(20)13-21/h5,8,12,14,16H,4,6-7,9-11,13H2,1-3H3,(H,19,22)/t14-,16-/m0/s1. The van der Waals surface area contributed by atoms with Crippen LogP contribution in [0.25, 0.3) is 0 Å². The minimum atomic E-state index is -0.118. The van der Waals surface area contributed by atoms with E-state index < -0.39 is 0 Å². The largest absolute Gasteiger partial charge is 0.467 e. The van der Waals surface area contributed by atoms with E-state index in [1.807, 2.05) is 17.0 Å². The summed E-state index contributed by atoms with van der Waals surface area (Å²) in [6.45, 7) is 10.4. The van der Waals surface area contributed by atoms with Gasteiger partial charge < -0.3 is 14.6 Å². The first kappa shape index (κ1) is 16.4. The number of nitrogens with one attached hydrogen (secondary N) is 1. The molecule has 1 aromatic rings. The van der Waals surface area contributed by atoms with Gasteiger partial charge in [-0.1, -0.05) is 20.8 Å². The zero-order chi connectivity index (χ0) is 16.4. The molecule has 5 heteroatoms. The van der Waals surface area contributed by atoms with Crippen LogP contribution in [0.1, 0.15) is 51.8 Å². The lowest BCUT2D eigenvalue weighted by molar-refractivity contribution is 0.167. The second-order valence-corrected chi connectivity index (χ2v) is 7.90. The lowest BCUT2D eigenvalue weighted by Crippen LogP contribution is -2.47. The topological polar surface area (TPSA) is 48.7 Å². The summed E-state index contributed by atoms with van der Waals surface area (Å²) in [4.78, 5) is 17.4. The van der Waals surface area contributed by atoms with Crippen LogP contribution >= 0.6 is 0 Å². The van der Waals surface area contributed by atoms with E-state index in [9.17, 15) is 4.79 Å². The first-order valence-electron chi connectivity index (χ1n) is 8.78. The molecule has 128 valence electrons. The van der Waals surface area contributed by atoms with Crippen molar-refractivity contribution in [1.82, 2.24) is 15.1 Å². The van der Waals surface area contributed by atoms with Gasteiger partial charge in [-0.2, -0.15) is 0 Å². The van der Waals surface area contributed by atoms with Gasteiger partial charge in [0.2, 0.25) is 0 Å². The monoisotopic (exact) mass is 319 g/mol. The average Bonchev–Trinajstić information content (AvgIpc) is 3.11. The molecule has 2 amide bonds. The summed E-state index contributed by atoms with van der Waals surface area (Å²) in [6, 6.07) is 4.28. The fourth-order valence-electron chi connectivity index (χ4n) is 3.78. The van der Waals surface area contributed by atoms with E-state index in [1.165, 1.54) is 19.4 Å². The highest BCUT2D eigenvalue weighted by Crippen LogP contribution is 2.33. The van der Waals surface area contributed by atoms with Crippen molar-refractivity contribution < 1.29 is 9.21 Å². The molecule has 0 saturated carbocycles. The van der Waals surface area contributed by atoms with Crippen molar-refractivity contribution in [1.29, 1.82) is 0 Å². The molecule has 0 aromatic carbocycles. The van der Waals surface area contributed by atoms with Gasteiger partial charge in [0, 0.05) is 25.7 Å². The highest BCUT2D eigenvalue weighted by Gasteiger charge is 2.34. The molecule has 0 unspecified atom stereocenters. The van der Waals surface area contributed by atoms with E-state index >= 15 is 0 Å². The summed E-state index contributed by atoms with van der Waals surface area (Å²) in [5.74, 6) is 0.822. The van der Waals surface area contributed by atoms with Gasteiger partial charge in [0.15, 0.2) is 0 Å². The molecule has 2 aliphatic rings. The number of carbonyl (C=O) groups is 1. The van der Waals surface area contributed by atoms with Crippen molar-refractivity contribution in [3.05, 3.63) is 24.2 Å². The van der Waals surface area contributed by atoms with Crippen LogP contribution in [0, 0.1) is 5.41 Å². The second-order valence-electron chi connectivity index (χ2n) is 7.90. The molecule has 1 aromatic heterocycles. The number of urea groups is 1. The van der Waals surface area contributed by atoms with Crippen molar-refractivity contribution in [2.24, 2.45) is 5.41 Å². The third-order valence-corrected chi connectivity index (χ3v) is 5.05. The minimum absolute atomic E-state index is 0.0371. The molecule has 3 rings (SSSR count). The molecule has 3 heterocycles. The van der Waals surface area contributed by atoms with Gasteiger partial charge in [0.25, 0.3) is 0 Å². The van der Waals surface area contributed by atoms with Crippen LogP contribution in [-0.2, 0) is 0 Å². The maximum atomic E-state index is 12.8. The highest BCUT2D eigenvalue weighted by molar-refractivity contribution is 5.74. The van der Waals surface area contributed by atoms with Gasteiger partial charge in [-0.3, -0.25) is 4.90 Å². The van der Waals surface area contributed by atoms with Gasteiger partial charge in [0.1, 0.15) is 5.76 Å². The Balaban J connectivity index is 1.69. The molecular weight excluding hydrogens is 290 g/mol. The molecule has 2 saturated heterocycles. The smallest absolute Gasteiger partial charge is 0.318 e. The van der Waals surface area contributed by atoms with Crippen molar-refractivity contribution >= 4 is 6.03 Å². The van der Waals surface area contributed by atoms with Gasteiger partial charge in [-0.15, -0.1) is 0 Å². The molecule has 0 spiro atoms. The van der Waals surface area contributed by atoms with E-state index in [2.05, 4.69) is 31.0 Å². The lowest BCUT2D eigenvalue weighted by atomic mass is 9.85. The van der Waals surface area contributed by atoms with E-state index in [-0.39, 0.29) is 17.5 Å². The van der Waals surface area contributed by atoms with Crippen molar-refractivity contribution in [2.75, 3.05) is 26.2 Å². The maximum absolute atomic E-state index is 12.8. The number of fused-ring (bicyclic) bond motifs is 1. The number of rotatable bonds is 2. The minimum Gasteiger partial charge on any atom is -0.467 e. The molecule has 0 aliphatic carbocycles. The Hall–Kier alpha value is -1.49. The van der Waals surface area contributed by atoms with E-state index in [4.69, 9.17) is 4.42 Å². The number of amides is 2. The van der Waals surface area contributed by atoms with Gasteiger partial charge in [-0.05, 0) is 43.4 Å². The Bertz CT molecular complexity index is 521. The molecule has 23 heavy (non-hydrogen) atoms. The summed E-state index contributed by atoms with van der Waals surface area (Å²) in [5, 5.41) is 3.21. The van der Waals surface area contributed by atoms with Crippen LogP contribution in [0.2, 0.25) is 0 Å². The van der Waals surface area contributed by atoms with Crippen LogP contribution in [0.15, 0.2) is 22.8 Å². The van der Waals surface area contributed by atoms with Gasteiger partial charge in [-0.25, -0.2) is 4.79 Å². The Morgan fingerprint density at radius 2 is 2.09 bits per heavy atom. The predicted molar refractivity (Wildman–Crippen MR) is 90.2 cm³/mol. The zero-order valence-corrected chi connectivity index (χ0v) is 14.5. The fraction of sp³-hybridized carbons (Fsp3) is 0.722. The SMILES string of the molecule is CC(C)(C)[C@@H](NC(=O)N1CCCN2CCC[C@H]2C1)c1ccco1. The zero-order valence-electron chi connectivity index (χ0n) is 14.5. The summed E-state index contributed by atoms with van der Waals surface area (Å²) in [6.07, 6.45) is 5.20. The second kappa shape index (κ2) is 6.56. The number of nitrogens with zero attached hydrogens (tertiary/aromatic N) is 2. The maximum Gasteiger partial charge on any atom is 0.318 e. The number of hydrogen-bond donors (Lipinski definition) is 1. The van der Waals surface area contributed by atoms with Gasteiger partial charge in [0.05, 0.1) is 12.3 Å². The quantitative estimate of drug-likeness (QED) is 0.910. The Kier molecular flexibility index (Phi) is 4.67. The van der Waals surface area contributed by atoms with Crippen LogP contribution in [0.5, 0.6) is 0 Å². The number of carbonyl (C=O) groups excluding carboxylic acids is 1. The molecule has 2 atom stereocenters. The third-order valence-electron chi connectivity index (χ3n) is 5.05. The highest BCUT2D eigenvalue weighted by atomic mass is 16.3. The predicted octanol–water partition coefficient (Wildman–Crippen LogP) is 3.25. The lowest BCUT2D eigenvalue weighted by Gasteiger charge is -2.33. The molecule has 0 radical (unpaired) electrons. The van der Waals surface area contributed by atoms with Crippen LogP contribution < -0.4 is 5.32 Å². The van der Waals surface area contributed by atoms with Crippen LogP contribution in [-0.4, -0.2) is 48.1 Å². The summed E-state index contributed by atoms with van der Waals surface area (Å²) in [7, 11) is 0. The summed E-state index contributed by atoms with van der Waals surface area (Å²) in [5.41, 5.74) is -0.0985. The molecule has 0 bridgehead atoms. The fourth-order valence-corrected chi connectivity index (χ4v) is 3.78. The molecule has 5 nitrogen and oxygen atoms in total. The van der Waals surface area contributed by atoms with Gasteiger partial charge >= 0.3 is 6.03 Å². The number of furan rings is 1. The number of hydrogen-bond acceptors (Lipinski definition) is 3. The Labute approximate surface area is 139 Å². The summed E-state index contributed by atoms with van der Waals surface area (Å²) >= 11 is 0. The molecule has 1 N–H and O–H groups in total. The van der Waals surface area contributed by atoms with Crippen molar-refractivity contribution in [3.8, 4) is 0 Å². The Morgan fingerprint density at radius 3 is 2.78 bits per heavy atom. The average molecular weight is 319 g/mol. The van der Waals surface area contributed by atoms with Crippen LogP contribution in [0.3, 0.4) is 0 Å². The summed E-state index contributed by atoms with van der Waals surface area (Å²) < 4.78 is 5.56. The van der Waals surface area contributed by atoms with E-state index in [1.54, 1.807) is 6.26 Å². The van der Waals surface area contributed by atoms with Crippen molar-refractivity contribution in [3.63, 3.8) is 0 Å². The molecular formula is C18H29N3O2. The molecule has 2 fully saturated rings. The Morgan fingerprint density at radius 1 is 1.30 bits per heavy atom.